The number of amides is 1. The third-order valence-corrected chi connectivity index (χ3v) is 4.42. The molecule has 0 aromatic heterocycles. The molecular weight excluding hydrogens is 365 g/mol. The molecule has 1 fully saturated rings. The van der Waals surface area contributed by atoms with E-state index in [9.17, 15) is 9.59 Å². The average molecular weight is 381 g/mol. The Morgan fingerprint density at radius 1 is 1.04 bits per heavy atom. The molecule has 1 N–H and O–H groups in total. The first-order chi connectivity index (χ1) is 11.0. The summed E-state index contributed by atoms with van der Waals surface area (Å²) in [5, 5.41) is 3.60. The van der Waals surface area contributed by atoms with Crippen molar-refractivity contribution < 1.29 is 19.1 Å². The first-order valence-electron chi connectivity index (χ1n) is 7.18. The highest BCUT2D eigenvalue weighted by Crippen LogP contribution is 2.33. The zero-order chi connectivity index (χ0) is 16.8. The van der Waals surface area contributed by atoms with Crippen LogP contribution in [0, 0.1) is 0 Å². The van der Waals surface area contributed by atoms with Gasteiger partial charge in [0.2, 0.25) is 0 Å². The Labute approximate surface area is 149 Å². The topological polar surface area (TPSA) is 64.6 Å². The quantitative estimate of drug-likeness (QED) is 0.604. The van der Waals surface area contributed by atoms with Crippen LogP contribution in [0.2, 0.25) is 15.1 Å². The van der Waals surface area contributed by atoms with Gasteiger partial charge < -0.3 is 14.8 Å². The summed E-state index contributed by atoms with van der Waals surface area (Å²) in [5.41, 5.74) is 0. The molecular formula is C15H16Cl3NO4. The normalized spacial score (nSPS) is 14.6. The fourth-order valence-corrected chi connectivity index (χ4v) is 2.87. The molecule has 0 unspecified atom stereocenters. The zero-order valence-electron chi connectivity index (χ0n) is 12.2. The summed E-state index contributed by atoms with van der Waals surface area (Å²) >= 11 is 17.6. The van der Waals surface area contributed by atoms with Crippen molar-refractivity contribution >= 4 is 46.7 Å². The molecule has 1 saturated carbocycles. The van der Waals surface area contributed by atoms with E-state index in [-0.39, 0.29) is 46.0 Å². The van der Waals surface area contributed by atoms with Gasteiger partial charge in [-0.25, -0.2) is 4.79 Å². The SMILES string of the molecule is O=C(COC(=O)COc1cc(Cl)c(Cl)cc1Cl)NC1CCCC1. The smallest absolute Gasteiger partial charge is 0.344 e. The summed E-state index contributed by atoms with van der Waals surface area (Å²) in [6.45, 7) is -0.706. The maximum atomic E-state index is 11.6. The summed E-state index contributed by atoms with van der Waals surface area (Å²) in [6, 6.07) is 3.01. The van der Waals surface area contributed by atoms with Gasteiger partial charge in [-0.1, -0.05) is 47.6 Å². The molecule has 23 heavy (non-hydrogen) atoms. The summed E-state index contributed by atoms with van der Waals surface area (Å²) in [4.78, 5) is 23.2. The lowest BCUT2D eigenvalue weighted by Crippen LogP contribution is -2.36. The van der Waals surface area contributed by atoms with Crippen molar-refractivity contribution in [2.24, 2.45) is 0 Å². The van der Waals surface area contributed by atoms with Crippen LogP contribution < -0.4 is 10.1 Å². The van der Waals surface area contributed by atoms with E-state index < -0.39 is 5.97 Å². The minimum Gasteiger partial charge on any atom is -0.480 e. The second-order valence-electron chi connectivity index (χ2n) is 5.19. The molecule has 0 aliphatic heterocycles. The highest BCUT2D eigenvalue weighted by atomic mass is 35.5. The minimum absolute atomic E-state index is 0.187. The van der Waals surface area contributed by atoms with Crippen molar-refractivity contribution in [1.82, 2.24) is 5.32 Å². The molecule has 8 heteroatoms. The van der Waals surface area contributed by atoms with E-state index >= 15 is 0 Å². The number of halogens is 3. The second-order valence-corrected chi connectivity index (χ2v) is 6.42. The van der Waals surface area contributed by atoms with Crippen LogP contribution in [0.25, 0.3) is 0 Å². The lowest BCUT2D eigenvalue weighted by atomic mass is 10.2. The van der Waals surface area contributed by atoms with Gasteiger partial charge >= 0.3 is 5.97 Å². The number of esters is 1. The Morgan fingerprint density at radius 2 is 1.70 bits per heavy atom. The average Bonchev–Trinajstić information content (AvgIpc) is 3.00. The van der Waals surface area contributed by atoms with Gasteiger partial charge in [0.1, 0.15) is 5.75 Å². The number of hydrogen-bond acceptors (Lipinski definition) is 4. The largest absolute Gasteiger partial charge is 0.480 e. The maximum absolute atomic E-state index is 11.6. The molecule has 1 aromatic rings. The van der Waals surface area contributed by atoms with E-state index in [4.69, 9.17) is 44.3 Å². The van der Waals surface area contributed by atoms with Crippen molar-refractivity contribution in [3.63, 3.8) is 0 Å². The Balaban J connectivity index is 1.72. The molecule has 1 aliphatic rings. The molecule has 5 nitrogen and oxygen atoms in total. The maximum Gasteiger partial charge on any atom is 0.344 e. The molecule has 0 atom stereocenters. The Morgan fingerprint density at radius 3 is 2.39 bits per heavy atom. The van der Waals surface area contributed by atoms with E-state index in [1.54, 1.807) is 0 Å². The highest BCUT2D eigenvalue weighted by molar-refractivity contribution is 6.43. The van der Waals surface area contributed by atoms with Gasteiger partial charge in [0, 0.05) is 12.1 Å². The van der Waals surface area contributed by atoms with Gasteiger partial charge in [-0.2, -0.15) is 0 Å². The number of carbonyl (C=O) groups is 2. The summed E-state index contributed by atoms with van der Waals surface area (Å²) in [7, 11) is 0. The Bertz CT molecular complexity index is 588. The van der Waals surface area contributed by atoms with Crippen LogP contribution in [0.15, 0.2) is 12.1 Å². The van der Waals surface area contributed by atoms with Crippen molar-refractivity contribution in [2.45, 2.75) is 31.7 Å². The lowest BCUT2D eigenvalue weighted by molar-refractivity contribution is -0.150. The van der Waals surface area contributed by atoms with Gasteiger partial charge in [0.25, 0.3) is 5.91 Å². The van der Waals surface area contributed by atoms with Crippen LogP contribution in [-0.4, -0.2) is 31.1 Å². The van der Waals surface area contributed by atoms with Crippen molar-refractivity contribution in [3.8, 4) is 5.75 Å². The van der Waals surface area contributed by atoms with Crippen molar-refractivity contribution in [1.29, 1.82) is 0 Å². The van der Waals surface area contributed by atoms with E-state index in [2.05, 4.69) is 5.32 Å². The third kappa shape index (κ3) is 5.75. The Kier molecular flexibility index (Phi) is 6.81. The summed E-state index contributed by atoms with van der Waals surface area (Å²) in [5.74, 6) is -0.764. The molecule has 1 amide bonds. The van der Waals surface area contributed by atoms with Crippen LogP contribution in [0.1, 0.15) is 25.7 Å². The molecule has 126 valence electrons. The predicted molar refractivity (Wildman–Crippen MR) is 88.3 cm³/mol. The van der Waals surface area contributed by atoms with Gasteiger partial charge in [-0.3, -0.25) is 4.79 Å². The minimum atomic E-state index is -0.672. The van der Waals surface area contributed by atoms with Crippen molar-refractivity contribution in [2.75, 3.05) is 13.2 Å². The molecule has 0 heterocycles. The second kappa shape index (κ2) is 8.62. The molecule has 1 aliphatic carbocycles. The number of nitrogens with one attached hydrogen (secondary N) is 1. The van der Waals surface area contributed by atoms with Crippen LogP contribution in [0.3, 0.4) is 0 Å². The van der Waals surface area contributed by atoms with Gasteiger partial charge in [-0.15, -0.1) is 0 Å². The van der Waals surface area contributed by atoms with Crippen LogP contribution in [0.5, 0.6) is 5.75 Å². The van der Waals surface area contributed by atoms with E-state index in [1.807, 2.05) is 0 Å². The fraction of sp³-hybridized carbons (Fsp3) is 0.467. The predicted octanol–water partition coefficient (Wildman–Crippen LogP) is 3.63. The van der Waals surface area contributed by atoms with Crippen LogP contribution >= 0.6 is 34.8 Å². The van der Waals surface area contributed by atoms with Gasteiger partial charge in [0.05, 0.1) is 15.1 Å². The molecule has 0 bridgehead atoms. The summed E-state index contributed by atoms with van der Waals surface area (Å²) in [6.07, 6.45) is 4.17. The monoisotopic (exact) mass is 379 g/mol. The number of rotatable bonds is 6. The van der Waals surface area contributed by atoms with E-state index in [0.29, 0.717) is 0 Å². The standard InChI is InChI=1S/C15H16Cl3NO4/c16-10-5-12(18)13(6-11(10)17)22-8-15(21)23-7-14(20)19-9-3-1-2-4-9/h5-6,9H,1-4,7-8H2,(H,19,20). The van der Waals surface area contributed by atoms with Gasteiger partial charge in [0.15, 0.2) is 13.2 Å². The van der Waals surface area contributed by atoms with Crippen molar-refractivity contribution in [3.05, 3.63) is 27.2 Å². The number of ether oxygens (including phenoxy) is 2. The van der Waals surface area contributed by atoms with E-state index in [0.717, 1.165) is 25.7 Å². The summed E-state index contributed by atoms with van der Waals surface area (Å²) < 4.78 is 10.1. The molecule has 0 radical (unpaired) electrons. The molecule has 2 rings (SSSR count). The lowest BCUT2D eigenvalue weighted by Gasteiger charge is -2.12. The molecule has 1 aromatic carbocycles. The van der Waals surface area contributed by atoms with Crippen LogP contribution in [-0.2, 0) is 14.3 Å². The van der Waals surface area contributed by atoms with E-state index in [1.165, 1.54) is 12.1 Å². The number of benzene rings is 1. The zero-order valence-corrected chi connectivity index (χ0v) is 14.5. The number of hydrogen-bond donors (Lipinski definition) is 1. The first kappa shape index (κ1) is 18.2. The Hall–Kier alpha value is -1.17. The fourth-order valence-electron chi connectivity index (χ4n) is 2.28. The van der Waals surface area contributed by atoms with Gasteiger partial charge in [-0.05, 0) is 18.9 Å². The highest BCUT2D eigenvalue weighted by Gasteiger charge is 2.18. The van der Waals surface area contributed by atoms with Crippen LogP contribution in [0.4, 0.5) is 0 Å². The molecule has 0 spiro atoms. The number of carbonyl (C=O) groups excluding carboxylic acids is 2. The first-order valence-corrected chi connectivity index (χ1v) is 8.31. The third-order valence-electron chi connectivity index (χ3n) is 3.40. The molecule has 0 saturated heterocycles.